The normalized spacial score (nSPS) is 27.6. The minimum absolute atomic E-state index is 0.111. The first-order valence-corrected chi connectivity index (χ1v) is 9.69. The predicted octanol–water partition coefficient (Wildman–Crippen LogP) is -0.525. The summed E-state index contributed by atoms with van der Waals surface area (Å²) in [5, 5.41) is 3.72. The Morgan fingerprint density at radius 2 is 2.22 bits per heavy atom. The average Bonchev–Trinajstić information content (AvgIpc) is 3.19. The Kier molecular flexibility index (Phi) is 4.55. The number of hydrogen-bond acceptors (Lipinski definition) is 8. The highest BCUT2D eigenvalue weighted by Crippen LogP contribution is 2.31. The number of carbonyl (C=O) groups excluding carboxylic acids is 2. The SMILES string of the molecule is O=C(NOC1CNCc2ccoc21)[C@@H]1CC[C@@H]2CN1C(=O)N2OS(=O)(=O)O. The first kappa shape index (κ1) is 18.2. The molecule has 0 saturated carbocycles. The molecule has 1 aromatic heterocycles. The molecule has 13 heteroatoms. The molecule has 0 aromatic carbocycles. The number of piperidine rings is 1. The molecule has 0 radical (unpaired) electrons. The van der Waals surface area contributed by atoms with Gasteiger partial charge in [-0.3, -0.25) is 14.2 Å². The second-order valence-electron chi connectivity index (χ2n) is 6.52. The lowest BCUT2D eigenvalue weighted by Gasteiger charge is -2.30. The van der Waals surface area contributed by atoms with Crippen molar-refractivity contribution < 1.29 is 36.1 Å². The Morgan fingerprint density at radius 1 is 1.41 bits per heavy atom. The molecule has 0 spiro atoms. The standard InChI is InChI=1S/C14H18N4O8S/c19-13(16-25-11-6-15-5-8-3-4-24-12(8)11)10-2-1-9-7-17(10)14(20)18(9)26-27(21,22)23/h3-4,9-11,15H,1-2,5-7H2,(H,16,19)(H,21,22,23)/t9-,10+,11?/m1/s1. The summed E-state index contributed by atoms with van der Waals surface area (Å²) < 4.78 is 40.3. The fraction of sp³-hybridized carbons (Fsp3) is 0.571. The van der Waals surface area contributed by atoms with Gasteiger partial charge >= 0.3 is 16.4 Å². The third-order valence-electron chi connectivity index (χ3n) is 4.82. The zero-order chi connectivity index (χ0) is 19.2. The molecule has 148 valence electrons. The van der Waals surface area contributed by atoms with Crippen LogP contribution in [0.3, 0.4) is 0 Å². The maximum absolute atomic E-state index is 12.5. The molecule has 3 amide bonds. The minimum Gasteiger partial charge on any atom is -0.466 e. The van der Waals surface area contributed by atoms with Crippen LogP contribution in [0.15, 0.2) is 16.7 Å². The van der Waals surface area contributed by atoms with Gasteiger partial charge in [-0.1, -0.05) is 0 Å². The van der Waals surface area contributed by atoms with Crippen LogP contribution in [0, 0.1) is 0 Å². The molecule has 2 bridgehead atoms. The van der Waals surface area contributed by atoms with Crippen molar-refractivity contribution in [2.45, 2.75) is 37.6 Å². The molecule has 12 nitrogen and oxygen atoms in total. The minimum atomic E-state index is -4.83. The van der Waals surface area contributed by atoms with Crippen LogP contribution in [-0.4, -0.2) is 60.0 Å². The lowest BCUT2D eigenvalue weighted by Crippen LogP contribution is -2.50. The molecule has 4 rings (SSSR count). The van der Waals surface area contributed by atoms with Gasteiger partial charge in [-0.2, -0.15) is 13.5 Å². The molecule has 3 aliphatic heterocycles. The fourth-order valence-electron chi connectivity index (χ4n) is 3.60. The van der Waals surface area contributed by atoms with Gasteiger partial charge in [0.15, 0.2) is 6.10 Å². The van der Waals surface area contributed by atoms with Gasteiger partial charge in [0.25, 0.3) is 5.91 Å². The smallest absolute Gasteiger partial charge is 0.418 e. The van der Waals surface area contributed by atoms with Crippen LogP contribution >= 0.6 is 0 Å². The zero-order valence-corrected chi connectivity index (χ0v) is 14.8. The quantitative estimate of drug-likeness (QED) is 0.436. The van der Waals surface area contributed by atoms with Crippen molar-refractivity contribution in [3.63, 3.8) is 0 Å². The van der Waals surface area contributed by atoms with Crippen molar-refractivity contribution in [2.75, 3.05) is 13.1 Å². The molecule has 2 fully saturated rings. The van der Waals surface area contributed by atoms with Crippen LogP contribution < -0.4 is 10.8 Å². The molecular weight excluding hydrogens is 384 g/mol. The molecule has 4 heterocycles. The van der Waals surface area contributed by atoms with Gasteiger partial charge in [0.05, 0.1) is 12.3 Å². The van der Waals surface area contributed by atoms with E-state index in [1.165, 1.54) is 4.90 Å². The highest BCUT2D eigenvalue weighted by Gasteiger charge is 2.49. The van der Waals surface area contributed by atoms with Crippen molar-refractivity contribution >= 4 is 22.3 Å². The number of amides is 3. The summed E-state index contributed by atoms with van der Waals surface area (Å²) in [6.07, 6.45) is 1.68. The van der Waals surface area contributed by atoms with Gasteiger partial charge in [-0.15, -0.1) is 4.28 Å². The summed E-state index contributed by atoms with van der Waals surface area (Å²) in [7, 11) is -4.83. The van der Waals surface area contributed by atoms with Crippen LogP contribution in [0.1, 0.15) is 30.3 Å². The Bertz CT molecular complexity index is 855. The van der Waals surface area contributed by atoms with E-state index >= 15 is 0 Å². The van der Waals surface area contributed by atoms with Crippen molar-refractivity contribution in [2.24, 2.45) is 0 Å². The van der Waals surface area contributed by atoms with Gasteiger partial charge < -0.3 is 14.6 Å². The molecule has 1 aromatic rings. The van der Waals surface area contributed by atoms with Crippen LogP contribution in [0.2, 0.25) is 0 Å². The van der Waals surface area contributed by atoms with Crippen molar-refractivity contribution in [1.82, 2.24) is 20.8 Å². The molecule has 2 saturated heterocycles. The van der Waals surface area contributed by atoms with Crippen molar-refractivity contribution in [1.29, 1.82) is 0 Å². The fourth-order valence-corrected chi connectivity index (χ4v) is 3.99. The Morgan fingerprint density at radius 3 is 3.00 bits per heavy atom. The molecule has 3 N–H and O–H groups in total. The second kappa shape index (κ2) is 6.76. The lowest BCUT2D eigenvalue weighted by atomic mass is 10.0. The lowest BCUT2D eigenvalue weighted by molar-refractivity contribution is -0.145. The van der Waals surface area contributed by atoms with E-state index in [1.54, 1.807) is 6.26 Å². The number of rotatable bonds is 5. The van der Waals surface area contributed by atoms with E-state index in [0.29, 0.717) is 36.8 Å². The third kappa shape index (κ3) is 3.51. The van der Waals surface area contributed by atoms with Crippen LogP contribution in [0.5, 0.6) is 0 Å². The molecule has 1 unspecified atom stereocenters. The summed E-state index contributed by atoms with van der Waals surface area (Å²) in [6, 6.07) is -0.384. The van der Waals surface area contributed by atoms with Crippen molar-refractivity contribution in [3.05, 3.63) is 23.7 Å². The number of fused-ring (bicyclic) bond motifs is 3. The number of carbonyl (C=O) groups is 2. The number of nitrogens with zero attached hydrogens (tertiary/aromatic N) is 2. The van der Waals surface area contributed by atoms with Gasteiger partial charge in [-0.25, -0.2) is 10.3 Å². The van der Waals surface area contributed by atoms with Gasteiger partial charge in [0.2, 0.25) is 0 Å². The maximum Gasteiger partial charge on any atom is 0.418 e. The largest absolute Gasteiger partial charge is 0.466 e. The second-order valence-corrected chi connectivity index (χ2v) is 7.53. The summed E-state index contributed by atoms with van der Waals surface area (Å²) >= 11 is 0. The van der Waals surface area contributed by atoms with E-state index < -0.39 is 40.5 Å². The van der Waals surface area contributed by atoms with Gasteiger partial charge in [0, 0.05) is 25.2 Å². The maximum atomic E-state index is 12.5. The predicted molar refractivity (Wildman–Crippen MR) is 85.8 cm³/mol. The van der Waals surface area contributed by atoms with E-state index in [4.69, 9.17) is 13.8 Å². The number of nitrogens with one attached hydrogen (secondary N) is 2. The first-order chi connectivity index (χ1) is 12.8. The molecule has 3 aliphatic rings. The van der Waals surface area contributed by atoms with E-state index in [9.17, 15) is 18.0 Å². The third-order valence-corrected chi connectivity index (χ3v) is 5.17. The average molecular weight is 402 g/mol. The number of hydrogen-bond donors (Lipinski definition) is 3. The van der Waals surface area contributed by atoms with Gasteiger partial charge in [-0.05, 0) is 18.9 Å². The van der Waals surface area contributed by atoms with Crippen LogP contribution in [-0.2, 0) is 30.9 Å². The van der Waals surface area contributed by atoms with Crippen molar-refractivity contribution in [3.8, 4) is 0 Å². The summed E-state index contributed by atoms with van der Waals surface area (Å²) in [5.74, 6) is 0.0944. The molecular formula is C14H18N4O8S. The zero-order valence-electron chi connectivity index (χ0n) is 14.0. The first-order valence-electron chi connectivity index (χ1n) is 8.33. The number of urea groups is 1. The van der Waals surface area contributed by atoms with Gasteiger partial charge in [0.1, 0.15) is 11.8 Å². The van der Waals surface area contributed by atoms with E-state index in [0.717, 1.165) is 5.56 Å². The summed E-state index contributed by atoms with van der Waals surface area (Å²) in [4.78, 5) is 31.5. The molecule has 27 heavy (non-hydrogen) atoms. The number of furan rings is 1. The Labute approximate surface area is 154 Å². The van der Waals surface area contributed by atoms with E-state index in [2.05, 4.69) is 15.1 Å². The van der Waals surface area contributed by atoms with Crippen LogP contribution in [0.25, 0.3) is 0 Å². The summed E-state index contributed by atoms with van der Waals surface area (Å²) in [5.41, 5.74) is 3.30. The highest BCUT2D eigenvalue weighted by atomic mass is 32.3. The summed E-state index contributed by atoms with van der Waals surface area (Å²) in [6.45, 7) is 1.21. The topological polar surface area (TPSA) is 151 Å². The van der Waals surface area contributed by atoms with E-state index in [-0.39, 0.29) is 6.54 Å². The highest BCUT2D eigenvalue weighted by molar-refractivity contribution is 7.80. The number of hydroxylamine groups is 3. The molecule has 0 aliphatic carbocycles. The van der Waals surface area contributed by atoms with Crippen LogP contribution in [0.4, 0.5) is 4.79 Å². The Balaban J connectivity index is 1.39. The monoisotopic (exact) mass is 402 g/mol. The molecule has 3 atom stereocenters. The van der Waals surface area contributed by atoms with E-state index in [1.807, 2.05) is 6.07 Å². The Hall–Kier alpha value is -2.19.